The zero-order valence-electron chi connectivity index (χ0n) is 9.38. The van der Waals surface area contributed by atoms with Crippen LogP contribution in [-0.4, -0.2) is 16.1 Å². The molecule has 1 aromatic carbocycles. The Morgan fingerprint density at radius 2 is 1.94 bits per heavy atom. The Balaban J connectivity index is 2.89. The number of halogens is 2. The molecule has 0 saturated heterocycles. The Labute approximate surface area is 99.9 Å². The molecular formula is C12H9F2NO3. The minimum atomic E-state index is -1.21. The molecule has 0 amide bonds. The zero-order chi connectivity index (χ0) is 13.4. The number of H-pyrrole nitrogens is 1. The first-order valence-corrected chi connectivity index (χ1v) is 5.13. The van der Waals surface area contributed by atoms with E-state index in [0.717, 1.165) is 12.1 Å². The molecule has 18 heavy (non-hydrogen) atoms. The van der Waals surface area contributed by atoms with Gasteiger partial charge in [-0.2, -0.15) is 0 Å². The van der Waals surface area contributed by atoms with E-state index in [2.05, 4.69) is 4.98 Å². The number of carboxylic acid groups (broad SMARTS) is 1. The van der Waals surface area contributed by atoms with Crippen LogP contribution in [0.3, 0.4) is 0 Å². The van der Waals surface area contributed by atoms with E-state index >= 15 is 0 Å². The Bertz CT molecular complexity index is 707. The minimum Gasteiger partial charge on any atom is -0.481 e. The van der Waals surface area contributed by atoms with E-state index in [4.69, 9.17) is 5.11 Å². The van der Waals surface area contributed by atoms with E-state index in [9.17, 15) is 18.4 Å². The molecule has 2 rings (SSSR count). The van der Waals surface area contributed by atoms with Crippen LogP contribution in [0.4, 0.5) is 8.78 Å². The number of fused-ring (bicyclic) bond motifs is 1. The average Bonchev–Trinajstić information content (AvgIpc) is 2.28. The molecule has 0 atom stereocenters. The van der Waals surface area contributed by atoms with Gasteiger partial charge in [-0.1, -0.05) is 0 Å². The summed E-state index contributed by atoms with van der Waals surface area (Å²) >= 11 is 0. The van der Waals surface area contributed by atoms with Gasteiger partial charge in [-0.15, -0.1) is 0 Å². The number of nitrogens with one attached hydrogen (secondary N) is 1. The number of aromatic nitrogens is 1. The van der Waals surface area contributed by atoms with E-state index in [1.807, 2.05) is 0 Å². The van der Waals surface area contributed by atoms with Gasteiger partial charge in [0.2, 0.25) is 0 Å². The fraction of sp³-hybridized carbons (Fsp3) is 0.167. The molecule has 1 aromatic heterocycles. The van der Waals surface area contributed by atoms with Crippen molar-refractivity contribution in [3.63, 3.8) is 0 Å². The number of rotatable bonds is 2. The predicted molar refractivity (Wildman–Crippen MR) is 60.6 cm³/mol. The van der Waals surface area contributed by atoms with Gasteiger partial charge in [-0.25, -0.2) is 8.78 Å². The van der Waals surface area contributed by atoms with Crippen molar-refractivity contribution in [2.45, 2.75) is 13.3 Å². The lowest BCUT2D eigenvalue weighted by atomic mass is 10.1. The molecule has 0 unspecified atom stereocenters. The molecule has 0 aliphatic carbocycles. The van der Waals surface area contributed by atoms with Crippen molar-refractivity contribution in [1.29, 1.82) is 0 Å². The van der Waals surface area contributed by atoms with Crippen LogP contribution in [0.5, 0.6) is 0 Å². The van der Waals surface area contributed by atoms with Crippen LogP contribution in [0, 0.1) is 18.6 Å². The highest BCUT2D eigenvalue weighted by molar-refractivity contribution is 5.82. The first-order valence-electron chi connectivity index (χ1n) is 5.13. The normalized spacial score (nSPS) is 10.8. The van der Waals surface area contributed by atoms with Gasteiger partial charge in [-0.05, 0) is 19.1 Å². The molecule has 0 aliphatic heterocycles. The number of aromatic amines is 1. The molecule has 0 radical (unpaired) electrons. The second-order valence-electron chi connectivity index (χ2n) is 3.91. The first-order chi connectivity index (χ1) is 8.41. The number of pyridine rings is 1. The average molecular weight is 253 g/mol. The molecule has 2 N–H and O–H groups in total. The lowest BCUT2D eigenvalue weighted by Crippen LogP contribution is -2.18. The van der Waals surface area contributed by atoms with Crippen molar-refractivity contribution in [3.8, 4) is 0 Å². The Kier molecular flexibility index (Phi) is 2.86. The molecule has 6 heteroatoms. The van der Waals surface area contributed by atoms with Crippen LogP contribution in [0.2, 0.25) is 0 Å². The van der Waals surface area contributed by atoms with Gasteiger partial charge in [0.1, 0.15) is 11.6 Å². The number of carboxylic acids is 1. The topological polar surface area (TPSA) is 70.2 Å². The van der Waals surface area contributed by atoms with E-state index in [-0.39, 0.29) is 16.8 Å². The lowest BCUT2D eigenvalue weighted by Gasteiger charge is -2.07. The molecule has 4 nitrogen and oxygen atoms in total. The molecule has 0 saturated carbocycles. The van der Waals surface area contributed by atoms with Crippen molar-refractivity contribution in [2.75, 3.05) is 0 Å². The second kappa shape index (κ2) is 4.21. The Hall–Kier alpha value is -2.24. The molecule has 1 heterocycles. The quantitative estimate of drug-likeness (QED) is 0.856. The summed E-state index contributed by atoms with van der Waals surface area (Å²) in [6.07, 6.45) is -0.535. The van der Waals surface area contributed by atoms with Gasteiger partial charge in [0.05, 0.1) is 17.3 Å². The van der Waals surface area contributed by atoms with Gasteiger partial charge < -0.3 is 10.1 Å². The molecule has 0 aliphatic rings. The largest absolute Gasteiger partial charge is 0.481 e. The predicted octanol–water partition coefficient (Wildman–Crippen LogP) is 1.74. The van der Waals surface area contributed by atoms with Gasteiger partial charge >= 0.3 is 5.97 Å². The molecule has 2 aromatic rings. The summed E-state index contributed by atoms with van der Waals surface area (Å²) < 4.78 is 27.0. The maximum atomic E-state index is 13.5. The number of benzene rings is 1. The monoisotopic (exact) mass is 253 g/mol. The van der Waals surface area contributed by atoms with Crippen LogP contribution in [0.1, 0.15) is 11.3 Å². The number of carbonyl (C=O) groups is 1. The van der Waals surface area contributed by atoms with E-state index in [0.29, 0.717) is 0 Å². The summed E-state index contributed by atoms with van der Waals surface area (Å²) in [5, 5.41) is 8.24. The molecule has 0 spiro atoms. The standard InChI is InChI=1S/C12H9F2NO3/c1-5-6(4-9(16)17)12(18)10-7(13)2-3-8(14)11(10)15-5/h2-3H,4H2,1H3,(H,15,18)(H,16,17). The third-order valence-electron chi connectivity index (χ3n) is 2.70. The van der Waals surface area contributed by atoms with Gasteiger partial charge in [0, 0.05) is 11.3 Å². The highest BCUT2D eigenvalue weighted by Crippen LogP contribution is 2.18. The smallest absolute Gasteiger partial charge is 0.308 e. The summed E-state index contributed by atoms with van der Waals surface area (Å²) in [7, 11) is 0. The molecule has 0 fully saturated rings. The van der Waals surface area contributed by atoms with Crippen molar-refractivity contribution in [3.05, 3.63) is 45.2 Å². The van der Waals surface area contributed by atoms with Crippen LogP contribution in [0.25, 0.3) is 10.9 Å². The number of hydrogen-bond acceptors (Lipinski definition) is 2. The summed E-state index contributed by atoms with van der Waals surface area (Å²) in [6.45, 7) is 1.45. The second-order valence-corrected chi connectivity index (χ2v) is 3.91. The summed E-state index contributed by atoms with van der Waals surface area (Å²) in [5.74, 6) is -2.84. The lowest BCUT2D eigenvalue weighted by molar-refractivity contribution is -0.136. The molecule has 94 valence electrons. The van der Waals surface area contributed by atoms with Crippen LogP contribution < -0.4 is 5.43 Å². The molecular weight excluding hydrogens is 244 g/mol. The fourth-order valence-electron chi connectivity index (χ4n) is 1.84. The minimum absolute atomic E-state index is 0.0699. The van der Waals surface area contributed by atoms with Crippen molar-refractivity contribution in [2.24, 2.45) is 0 Å². The van der Waals surface area contributed by atoms with Gasteiger partial charge in [-0.3, -0.25) is 9.59 Å². The maximum Gasteiger partial charge on any atom is 0.308 e. The van der Waals surface area contributed by atoms with Gasteiger partial charge in [0.25, 0.3) is 0 Å². The van der Waals surface area contributed by atoms with Crippen LogP contribution in [0.15, 0.2) is 16.9 Å². The van der Waals surface area contributed by atoms with Crippen LogP contribution in [-0.2, 0) is 11.2 Å². The molecule has 0 bridgehead atoms. The zero-order valence-corrected chi connectivity index (χ0v) is 9.38. The van der Waals surface area contributed by atoms with E-state index in [1.54, 1.807) is 0 Å². The van der Waals surface area contributed by atoms with Gasteiger partial charge in [0.15, 0.2) is 5.43 Å². The highest BCUT2D eigenvalue weighted by Gasteiger charge is 2.17. The Morgan fingerprint density at radius 1 is 1.33 bits per heavy atom. The summed E-state index contributed by atoms with van der Waals surface area (Å²) in [4.78, 5) is 25.1. The third kappa shape index (κ3) is 1.85. The first kappa shape index (κ1) is 12.2. The van der Waals surface area contributed by atoms with Crippen molar-refractivity contribution >= 4 is 16.9 Å². The SMILES string of the molecule is Cc1[nH]c2c(F)ccc(F)c2c(=O)c1CC(=O)O. The number of aliphatic carboxylic acids is 1. The third-order valence-corrected chi connectivity index (χ3v) is 2.70. The summed E-state index contributed by atoms with van der Waals surface area (Å²) in [5.41, 5.74) is -0.883. The maximum absolute atomic E-state index is 13.5. The number of aryl methyl sites for hydroxylation is 1. The van der Waals surface area contributed by atoms with E-state index in [1.165, 1.54) is 6.92 Å². The van der Waals surface area contributed by atoms with Crippen LogP contribution >= 0.6 is 0 Å². The van der Waals surface area contributed by atoms with E-state index < -0.39 is 34.8 Å². The number of hydrogen-bond donors (Lipinski definition) is 2. The van der Waals surface area contributed by atoms with Crippen molar-refractivity contribution in [1.82, 2.24) is 4.98 Å². The highest BCUT2D eigenvalue weighted by atomic mass is 19.1. The Morgan fingerprint density at radius 3 is 2.56 bits per heavy atom. The fourth-order valence-corrected chi connectivity index (χ4v) is 1.84. The van der Waals surface area contributed by atoms with Crippen molar-refractivity contribution < 1.29 is 18.7 Å². The summed E-state index contributed by atoms with van der Waals surface area (Å²) in [6, 6.07) is 1.75.